The molecule has 1 fully saturated rings. The Morgan fingerprint density at radius 3 is 2.95 bits per heavy atom. The number of nitrogens with zero attached hydrogens (tertiary/aromatic N) is 1. The second-order valence-corrected chi connectivity index (χ2v) is 6.05. The van der Waals surface area contributed by atoms with Crippen LogP contribution in [-0.2, 0) is 0 Å². The highest BCUT2D eigenvalue weighted by Gasteiger charge is 2.17. The molecule has 2 rings (SSSR count). The van der Waals surface area contributed by atoms with Gasteiger partial charge in [0.1, 0.15) is 5.75 Å². The van der Waals surface area contributed by atoms with Gasteiger partial charge in [-0.1, -0.05) is 25.8 Å². The van der Waals surface area contributed by atoms with Gasteiger partial charge in [-0.3, -0.25) is 0 Å². The van der Waals surface area contributed by atoms with Gasteiger partial charge in [-0.2, -0.15) is 0 Å². The van der Waals surface area contributed by atoms with Gasteiger partial charge >= 0.3 is 0 Å². The summed E-state index contributed by atoms with van der Waals surface area (Å²) in [6.07, 6.45) is 5.46. The zero-order chi connectivity index (χ0) is 14.4. The molecule has 0 spiro atoms. The largest absolute Gasteiger partial charge is 0.497 e. The summed E-state index contributed by atoms with van der Waals surface area (Å²) >= 11 is 0. The van der Waals surface area contributed by atoms with Gasteiger partial charge in [0.2, 0.25) is 0 Å². The standard InChI is InChI=1S/C17H28N2O/c1-14-6-4-7-15(12-14)18-10-11-19(2)16-8-5-9-17(13-16)20-3/h5,8-9,13-15,18H,4,6-7,10-12H2,1-3H3. The van der Waals surface area contributed by atoms with Crippen molar-refractivity contribution in [1.29, 1.82) is 0 Å². The van der Waals surface area contributed by atoms with E-state index in [1.54, 1.807) is 7.11 Å². The molecule has 1 aromatic carbocycles. The smallest absolute Gasteiger partial charge is 0.120 e. The van der Waals surface area contributed by atoms with Crippen LogP contribution in [0.3, 0.4) is 0 Å². The Kier molecular flexibility index (Phi) is 5.72. The number of benzene rings is 1. The highest BCUT2D eigenvalue weighted by molar-refractivity contribution is 5.50. The van der Waals surface area contributed by atoms with Gasteiger partial charge in [0.15, 0.2) is 0 Å². The van der Waals surface area contributed by atoms with Crippen molar-refractivity contribution in [3.05, 3.63) is 24.3 Å². The number of likely N-dealkylation sites (N-methyl/N-ethyl adjacent to an activating group) is 1. The van der Waals surface area contributed by atoms with E-state index < -0.39 is 0 Å². The lowest BCUT2D eigenvalue weighted by atomic mass is 9.87. The molecule has 1 N–H and O–H groups in total. The lowest BCUT2D eigenvalue weighted by molar-refractivity contribution is 0.303. The maximum atomic E-state index is 5.27. The fourth-order valence-corrected chi connectivity index (χ4v) is 3.03. The van der Waals surface area contributed by atoms with E-state index in [9.17, 15) is 0 Å². The van der Waals surface area contributed by atoms with Gasteiger partial charge in [0.05, 0.1) is 7.11 Å². The van der Waals surface area contributed by atoms with Crippen LogP contribution < -0.4 is 15.0 Å². The molecular formula is C17H28N2O. The first-order valence-electron chi connectivity index (χ1n) is 7.77. The molecule has 1 aliphatic carbocycles. The molecule has 3 nitrogen and oxygen atoms in total. The highest BCUT2D eigenvalue weighted by Crippen LogP contribution is 2.23. The van der Waals surface area contributed by atoms with E-state index in [-0.39, 0.29) is 0 Å². The van der Waals surface area contributed by atoms with Crippen molar-refractivity contribution in [2.45, 2.75) is 38.6 Å². The van der Waals surface area contributed by atoms with Crippen LogP contribution in [0.2, 0.25) is 0 Å². The molecule has 1 aromatic rings. The molecule has 0 amide bonds. The third kappa shape index (κ3) is 4.41. The van der Waals surface area contributed by atoms with Crippen molar-refractivity contribution < 1.29 is 4.74 Å². The van der Waals surface area contributed by atoms with Gasteiger partial charge in [-0.15, -0.1) is 0 Å². The average Bonchev–Trinajstić information content (AvgIpc) is 2.47. The minimum absolute atomic E-state index is 0.720. The molecule has 1 aliphatic rings. The van der Waals surface area contributed by atoms with Crippen molar-refractivity contribution in [2.75, 3.05) is 32.1 Å². The van der Waals surface area contributed by atoms with Crippen molar-refractivity contribution >= 4 is 5.69 Å². The summed E-state index contributed by atoms with van der Waals surface area (Å²) < 4.78 is 5.27. The third-order valence-electron chi connectivity index (χ3n) is 4.31. The molecule has 0 heterocycles. The van der Waals surface area contributed by atoms with Gasteiger partial charge < -0.3 is 15.0 Å². The monoisotopic (exact) mass is 276 g/mol. The molecule has 0 saturated heterocycles. The van der Waals surface area contributed by atoms with E-state index in [0.717, 1.165) is 30.8 Å². The first-order valence-corrected chi connectivity index (χ1v) is 7.77. The predicted molar refractivity (Wildman–Crippen MR) is 85.7 cm³/mol. The van der Waals surface area contributed by atoms with Crippen LogP contribution >= 0.6 is 0 Å². The number of hydrogen-bond donors (Lipinski definition) is 1. The third-order valence-corrected chi connectivity index (χ3v) is 4.31. The number of anilines is 1. The first kappa shape index (κ1) is 15.2. The van der Waals surface area contributed by atoms with Crippen LogP contribution in [0.1, 0.15) is 32.6 Å². The summed E-state index contributed by atoms with van der Waals surface area (Å²) in [6.45, 7) is 4.44. The molecule has 2 unspecified atom stereocenters. The summed E-state index contributed by atoms with van der Waals surface area (Å²) in [7, 11) is 3.85. The second-order valence-electron chi connectivity index (χ2n) is 6.05. The number of methoxy groups -OCH3 is 1. The maximum absolute atomic E-state index is 5.27. The zero-order valence-corrected chi connectivity index (χ0v) is 13.1. The summed E-state index contributed by atoms with van der Waals surface area (Å²) in [6, 6.07) is 8.96. The Hall–Kier alpha value is -1.22. The van der Waals surface area contributed by atoms with E-state index in [2.05, 4.69) is 36.3 Å². The molecule has 2 atom stereocenters. The molecule has 0 radical (unpaired) electrons. The maximum Gasteiger partial charge on any atom is 0.120 e. The fraction of sp³-hybridized carbons (Fsp3) is 0.647. The Balaban J connectivity index is 1.75. The van der Waals surface area contributed by atoms with Crippen LogP contribution in [0, 0.1) is 5.92 Å². The topological polar surface area (TPSA) is 24.5 Å². The summed E-state index contributed by atoms with van der Waals surface area (Å²) in [5.74, 6) is 1.81. The van der Waals surface area contributed by atoms with Crippen LogP contribution in [0.15, 0.2) is 24.3 Å². The lowest BCUT2D eigenvalue weighted by Gasteiger charge is -2.28. The molecule has 3 heteroatoms. The van der Waals surface area contributed by atoms with E-state index in [4.69, 9.17) is 4.74 Å². The molecule has 1 saturated carbocycles. The second kappa shape index (κ2) is 7.53. The lowest BCUT2D eigenvalue weighted by Crippen LogP contribution is -2.38. The van der Waals surface area contributed by atoms with Crippen LogP contribution in [0.25, 0.3) is 0 Å². The van der Waals surface area contributed by atoms with Crippen LogP contribution in [-0.4, -0.2) is 33.3 Å². The Morgan fingerprint density at radius 2 is 2.20 bits per heavy atom. The van der Waals surface area contributed by atoms with Crippen molar-refractivity contribution in [3.8, 4) is 5.75 Å². The summed E-state index contributed by atoms with van der Waals surface area (Å²) in [5.41, 5.74) is 1.21. The highest BCUT2D eigenvalue weighted by atomic mass is 16.5. The van der Waals surface area contributed by atoms with E-state index >= 15 is 0 Å². The van der Waals surface area contributed by atoms with Gasteiger partial charge in [-0.05, 0) is 30.9 Å². The van der Waals surface area contributed by atoms with E-state index in [0.29, 0.717) is 0 Å². The first-order chi connectivity index (χ1) is 9.69. The normalized spacial score (nSPS) is 22.6. The van der Waals surface area contributed by atoms with Crippen LogP contribution in [0.5, 0.6) is 5.75 Å². The number of nitrogens with one attached hydrogen (secondary N) is 1. The summed E-state index contributed by atoms with van der Waals surface area (Å²) in [5, 5.41) is 3.71. The predicted octanol–water partition coefficient (Wildman–Crippen LogP) is 3.30. The Morgan fingerprint density at radius 1 is 1.35 bits per heavy atom. The molecule has 0 bridgehead atoms. The molecule has 112 valence electrons. The van der Waals surface area contributed by atoms with Crippen molar-refractivity contribution in [2.24, 2.45) is 5.92 Å². The van der Waals surface area contributed by atoms with Crippen LogP contribution in [0.4, 0.5) is 5.69 Å². The Bertz CT molecular complexity index is 408. The Labute approximate surface area is 123 Å². The zero-order valence-electron chi connectivity index (χ0n) is 13.1. The van der Waals surface area contributed by atoms with Crippen molar-refractivity contribution in [3.63, 3.8) is 0 Å². The number of hydrogen-bond acceptors (Lipinski definition) is 3. The van der Waals surface area contributed by atoms with Crippen molar-refractivity contribution in [1.82, 2.24) is 5.32 Å². The molecule has 0 aromatic heterocycles. The van der Waals surface area contributed by atoms with E-state index in [1.165, 1.54) is 31.4 Å². The SMILES string of the molecule is COc1cccc(N(C)CCNC2CCCC(C)C2)c1. The summed E-state index contributed by atoms with van der Waals surface area (Å²) in [4.78, 5) is 2.28. The molecule has 20 heavy (non-hydrogen) atoms. The average molecular weight is 276 g/mol. The van der Waals surface area contributed by atoms with Gasteiger partial charge in [0, 0.05) is 37.9 Å². The van der Waals surface area contributed by atoms with E-state index in [1.807, 2.05) is 12.1 Å². The number of rotatable bonds is 6. The fourth-order valence-electron chi connectivity index (χ4n) is 3.03. The minimum atomic E-state index is 0.720. The van der Waals surface area contributed by atoms with Gasteiger partial charge in [0.25, 0.3) is 0 Å². The quantitative estimate of drug-likeness (QED) is 0.863. The molecule has 0 aliphatic heterocycles. The minimum Gasteiger partial charge on any atom is -0.497 e. The van der Waals surface area contributed by atoms with Gasteiger partial charge in [-0.25, -0.2) is 0 Å². The number of ether oxygens (including phenoxy) is 1. The molecular weight excluding hydrogens is 248 g/mol.